The number of amides is 1. The van der Waals surface area contributed by atoms with Gasteiger partial charge in [0.25, 0.3) is 0 Å². The van der Waals surface area contributed by atoms with Crippen LogP contribution in [-0.4, -0.2) is 31.4 Å². The lowest BCUT2D eigenvalue weighted by Crippen LogP contribution is -2.13. The fourth-order valence-electron chi connectivity index (χ4n) is 2.20. The molecular formula is C16H14N6OS. The van der Waals surface area contributed by atoms with Crippen molar-refractivity contribution in [1.29, 1.82) is 5.26 Å². The first-order valence-corrected chi connectivity index (χ1v) is 8.22. The summed E-state index contributed by atoms with van der Waals surface area (Å²) in [5.74, 6) is 0.434. The molecule has 120 valence electrons. The van der Waals surface area contributed by atoms with Crippen molar-refractivity contribution in [2.24, 2.45) is 7.05 Å². The average Bonchev–Trinajstić information content (AvgIpc) is 2.98. The van der Waals surface area contributed by atoms with Gasteiger partial charge < -0.3 is 5.32 Å². The molecule has 0 unspecified atom stereocenters. The molecule has 3 aromatic rings. The Morgan fingerprint density at radius 2 is 2.21 bits per heavy atom. The van der Waals surface area contributed by atoms with Crippen LogP contribution in [0.2, 0.25) is 0 Å². The van der Waals surface area contributed by atoms with E-state index in [-0.39, 0.29) is 5.91 Å². The van der Waals surface area contributed by atoms with E-state index in [1.165, 1.54) is 18.1 Å². The van der Waals surface area contributed by atoms with Crippen LogP contribution in [0.15, 0.2) is 41.8 Å². The summed E-state index contributed by atoms with van der Waals surface area (Å²) in [6.07, 6.45) is 3.53. The normalized spacial score (nSPS) is 10.5. The number of nitrogens with one attached hydrogen (secondary N) is 1. The van der Waals surface area contributed by atoms with Gasteiger partial charge in [-0.3, -0.25) is 9.48 Å². The molecule has 3 rings (SSSR count). The summed E-state index contributed by atoms with van der Waals surface area (Å²) in [6.45, 7) is 0. The third kappa shape index (κ3) is 3.36. The lowest BCUT2D eigenvalue weighted by atomic mass is 10.2. The first-order valence-electron chi connectivity index (χ1n) is 7.23. The van der Waals surface area contributed by atoms with E-state index < -0.39 is 0 Å². The number of nitrogens with zero attached hydrogens (tertiary/aromatic N) is 5. The maximum atomic E-state index is 12.1. The van der Waals surface area contributed by atoms with Gasteiger partial charge in [0.2, 0.25) is 5.91 Å². The van der Waals surface area contributed by atoms with E-state index in [1.54, 1.807) is 35.1 Å². The van der Waals surface area contributed by atoms with Crippen LogP contribution in [0.5, 0.6) is 0 Å². The van der Waals surface area contributed by atoms with E-state index in [9.17, 15) is 4.79 Å². The van der Waals surface area contributed by atoms with E-state index >= 15 is 0 Å². The van der Waals surface area contributed by atoms with Gasteiger partial charge in [0, 0.05) is 19.2 Å². The average molecular weight is 338 g/mol. The molecule has 7 nitrogen and oxygen atoms in total. The fraction of sp³-hybridized carbons (Fsp3) is 0.188. The van der Waals surface area contributed by atoms with E-state index in [0.29, 0.717) is 23.4 Å². The predicted molar refractivity (Wildman–Crippen MR) is 91.4 cm³/mol. The Kier molecular flexibility index (Phi) is 4.72. The second-order valence-corrected chi connectivity index (χ2v) is 6.07. The number of anilines is 1. The summed E-state index contributed by atoms with van der Waals surface area (Å²) in [6, 6.07) is 8.99. The van der Waals surface area contributed by atoms with Crippen molar-refractivity contribution in [2.75, 3.05) is 11.1 Å². The molecular weight excluding hydrogens is 324 g/mol. The molecule has 0 aliphatic rings. The van der Waals surface area contributed by atoms with Gasteiger partial charge in [-0.15, -0.1) is 11.8 Å². The van der Waals surface area contributed by atoms with Crippen LogP contribution in [0.4, 0.5) is 5.69 Å². The van der Waals surface area contributed by atoms with Crippen LogP contribution in [0.3, 0.4) is 0 Å². The number of benzene rings is 1. The van der Waals surface area contributed by atoms with Crippen LogP contribution in [-0.2, 0) is 11.8 Å². The van der Waals surface area contributed by atoms with Crippen molar-refractivity contribution in [1.82, 2.24) is 19.7 Å². The van der Waals surface area contributed by atoms with Crippen molar-refractivity contribution >= 4 is 34.4 Å². The molecule has 0 saturated carbocycles. The Morgan fingerprint density at radius 1 is 1.38 bits per heavy atom. The largest absolute Gasteiger partial charge is 0.325 e. The van der Waals surface area contributed by atoms with Crippen molar-refractivity contribution in [2.45, 2.75) is 11.4 Å². The Balaban J connectivity index is 1.60. The van der Waals surface area contributed by atoms with Crippen LogP contribution < -0.4 is 5.32 Å². The SMILES string of the molecule is Cn1ncc2c(SCCC(=O)Nc3ccccc3C#N)ncnc21. The van der Waals surface area contributed by atoms with Gasteiger partial charge in [-0.05, 0) is 12.1 Å². The summed E-state index contributed by atoms with van der Waals surface area (Å²) >= 11 is 1.48. The molecule has 0 fully saturated rings. The number of carbonyl (C=O) groups is 1. The number of para-hydroxylation sites is 1. The first kappa shape index (κ1) is 16.0. The smallest absolute Gasteiger partial charge is 0.225 e. The van der Waals surface area contributed by atoms with Gasteiger partial charge in [-0.2, -0.15) is 10.4 Å². The summed E-state index contributed by atoms with van der Waals surface area (Å²) in [5, 5.41) is 17.6. The van der Waals surface area contributed by atoms with Crippen LogP contribution >= 0.6 is 11.8 Å². The van der Waals surface area contributed by atoms with Gasteiger partial charge >= 0.3 is 0 Å². The van der Waals surface area contributed by atoms with Crippen molar-refractivity contribution in [3.63, 3.8) is 0 Å². The fourth-order valence-corrected chi connectivity index (χ4v) is 3.10. The summed E-state index contributed by atoms with van der Waals surface area (Å²) in [4.78, 5) is 20.5. The molecule has 1 aromatic carbocycles. The minimum Gasteiger partial charge on any atom is -0.325 e. The number of rotatable bonds is 5. The van der Waals surface area contributed by atoms with Crippen molar-refractivity contribution < 1.29 is 4.79 Å². The highest BCUT2D eigenvalue weighted by atomic mass is 32.2. The lowest BCUT2D eigenvalue weighted by molar-refractivity contribution is -0.115. The highest BCUT2D eigenvalue weighted by Gasteiger charge is 2.10. The predicted octanol–water partition coefficient (Wildman–Crippen LogP) is 2.36. The van der Waals surface area contributed by atoms with Crippen LogP contribution in [0.25, 0.3) is 11.0 Å². The van der Waals surface area contributed by atoms with Crippen LogP contribution in [0.1, 0.15) is 12.0 Å². The molecule has 2 aromatic heterocycles. The molecule has 2 heterocycles. The number of fused-ring (bicyclic) bond motifs is 1. The van der Waals surface area contributed by atoms with E-state index in [4.69, 9.17) is 5.26 Å². The molecule has 0 aliphatic carbocycles. The summed E-state index contributed by atoms with van der Waals surface area (Å²) in [7, 11) is 1.82. The monoisotopic (exact) mass is 338 g/mol. The zero-order valence-electron chi connectivity index (χ0n) is 12.9. The molecule has 0 spiro atoms. The van der Waals surface area contributed by atoms with Gasteiger partial charge in [0.1, 0.15) is 17.4 Å². The maximum Gasteiger partial charge on any atom is 0.225 e. The number of aryl methyl sites for hydroxylation is 1. The van der Waals surface area contributed by atoms with Crippen molar-refractivity contribution in [3.8, 4) is 6.07 Å². The number of aromatic nitrogens is 4. The van der Waals surface area contributed by atoms with Crippen molar-refractivity contribution in [3.05, 3.63) is 42.4 Å². The molecule has 24 heavy (non-hydrogen) atoms. The number of hydrogen-bond donors (Lipinski definition) is 1. The molecule has 0 atom stereocenters. The standard InChI is InChI=1S/C16H14N6OS/c1-22-15-12(9-20-22)16(19-10-18-15)24-7-6-14(23)21-13-5-3-2-4-11(13)8-17/h2-5,9-10H,6-7H2,1H3,(H,21,23). The third-order valence-corrected chi connectivity index (χ3v) is 4.39. The van der Waals surface area contributed by atoms with Gasteiger partial charge in [0.15, 0.2) is 5.65 Å². The molecule has 1 N–H and O–H groups in total. The number of carbonyl (C=O) groups excluding carboxylic acids is 1. The minimum atomic E-state index is -0.137. The van der Waals surface area contributed by atoms with Gasteiger partial charge in [-0.25, -0.2) is 9.97 Å². The Labute approximate surface area is 142 Å². The summed E-state index contributed by atoms with van der Waals surface area (Å²) in [5.41, 5.74) is 1.75. The molecule has 0 saturated heterocycles. The highest BCUT2D eigenvalue weighted by Crippen LogP contribution is 2.24. The second kappa shape index (κ2) is 7.10. The van der Waals surface area contributed by atoms with E-state index in [1.807, 2.05) is 7.05 Å². The molecule has 0 radical (unpaired) electrons. The van der Waals surface area contributed by atoms with Gasteiger partial charge in [-0.1, -0.05) is 12.1 Å². The minimum absolute atomic E-state index is 0.137. The third-order valence-electron chi connectivity index (χ3n) is 3.38. The molecule has 1 amide bonds. The first-order chi connectivity index (χ1) is 11.7. The van der Waals surface area contributed by atoms with E-state index in [2.05, 4.69) is 26.5 Å². The second-order valence-electron chi connectivity index (χ2n) is 4.99. The Morgan fingerprint density at radius 3 is 3.04 bits per heavy atom. The summed E-state index contributed by atoms with van der Waals surface area (Å²) < 4.78 is 1.69. The number of thioether (sulfide) groups is 1. The number of hydrogen-bond acceptors (Lipinski definition) is 6. The van der Waals surface area contributed by atoms with Gasteiger partial charge in [0.05, 0.1) is 22.8 Å². The molecule has 0 bridgehead atoms. The molecule has 8 heteroatoms. The maximum absolute atomic E-state index is 12.1. The van der Waals surface area contributed by atoms with E-state index in [0.717, 1.165) is 16.1 Å². The quantitative estimate of drug-likeness (QED) is 0.566. The Bertz CT molecular complexity index is 930. The zero-order chi connectivity index (χ0) is 16.9. The highest BCUT2D eigenvalue weighted by molar-refractivity contribution is 7.99. The number of nitriles is 1. The molecule has 0 aliphatic heterocycles. The lowest BCUT2D eigenvalue weighted by Gasteiger charge is -2.06. The Hall–Kier alpha value is -2.92. The van der Waals surface area contributed by atoms with Crippen LogP contribution in [0, 0.1) is 11.3 Å². The topological polar surface area (TPSA) is 96.5 Å². The zero-order valence-corrected chi connectivity index (χ0v) is 13.7.